The predicted molar refractivity (Wildman–Crippen MR) is 234 cm³/mol. The number of urea groups is 1. The summed E-state index contributed by atoms with van der Waals surface area (Å²) >= 11 is 6.36. The van der Waals surface area contributed by atoms with E-state index in [1.807, 2.05) is 0 Å². The number of carbonyl (C=O) groups is 6. The van der Waals surface area contributed by atoms with E-state index in [-0.39, 0.29) is 36.9 Å². The Hall–Kier alpha value is -6.82. The van der Waals surface area contributed by atoms with Gasteiger partial charge >= 0.3 is 29.9 Å². The highest BCUT2D eigenvalue weighted by molar-refractivity contribution is 6.41. The standard InChI is InChI=1S/C44H49ClN10O8/c1-43(2,3)62-40(59)36-24-28-23-31(15-17-32(28)55(36)42(61)63-44(4,5)6)47-37(56)35(22-27-10-13-30(14-11-27)48-41(60)51-18-8-7-9-19-51)53-21-20-52(38(57)39(53)58)34-25-29(45)12-16-33(34)54-26-46-49-50-54/h10-17,23-26,35H,7-9,18-22H2,1-6H3,(H,47,56)(H,48,60)/t35-/m0/s1. The molecule has 3 aromatic carbocycles. The zero-order valence-electron chi connectivity index (χ0n) is 35.9. The lowest BCUT2D eigenvalue weighted by Gasteiger charge is -2.38. The molecule has 0 radical (unpaired) electrons. The van der Waals surface area contributed by atoms with Gasteiger partial charge in [-0.15, -0.1) is 5.10 Å². The minimum atomic E-state index is -1.20. The van der Waals surface area contributed by atoms with E-state index in [1.165, 1.54) is 32.9 Å². The highest BCUT2D eigenvalue weighted by Crippen LogP contribution is 2.31. The van der Waals surface area contributed by atoms with E-state index in [9.17, 15) is 28.8 Å². The quantitative estimate of drug-likeness (QED) is 0.122. The fourth-order valence-corrected chi connectivity index (χ4v) is 7.62. The lowest BCUT2D eigenvalue weighted by Crippen LogP contribution is -2.60. The van der Waals surface area contributed by atoms with Crippen LogP contribution in [0.3, 0.4) is 0 Å². The van der Waals surface area contributed by atoms with E-state index in [4.69, 9.17) is 21.1 Å². The molecule has 2 fully saturated rings. The van der Waals surface area contributed by atoms with Crippen LogP contribution in [0.4, 0.5) is 26.7 Å². The van der Waals surface area contributed by atoms with Gasteiger partial charge in [-0.05, 0) is 131 Å². The summed E-state index contributed by atoms with van der Waals surface area (Å²) in [5.74, 6) is -3.19. The van der Waals surface area contributed by atoms with Crippen molar-refractivity contribution < 1.29 is 38.2 Å². The van der Waals surface area contributed by atoms with Crippen LogP contribution in [0.15, 0.2) is 73.1 Å². The average molecular weight is 881 g/mol. The third-order valence-corrected chi connectivity index (χ3v) is 10.5. The van der Waals surface area contributed by atoms with E-state index in [0.29, 0.717) is 51.6 Å². The largest absolute Gasteiger partial charge is 0.455 e. The lowest BCUT2D eigenvalue weighted by molar-refractivity contribution is -0.149. The molecule has 330 valence electrons. The van der Waals surface area contributed by atoms with Crippen molar-refractivity contribution in [3.8, 4) is 5.69 Å². The number of aromatic nitrogens is 5. The van der Waals surface area contributed by atoms with Gasteiger partial charge in [0.25, 0.3) is 0 Å². The average Bonchev–Trinajstić information content (AvgIpc) is 3.90. The van der Waals surface area contributed by atoms with E-state index in [2.05, 4.69) is 26.2 Å². The van der Waals surface area contributed by atoms with Gasteiger partial charge in [-0.2, -0.15) is 4.68 Å². The zero-order valence-corrected chi connectivity index (χ0v) is 36.6. The van der Waals surface area contributed by atoms with Crippen LogP contribution in [0.2, 0.25) is 5.02 Å². The van der Waals surface area contributed by atoms with Gasteiger partial charge in [0.1, 0.15) is 29.3 Å². The van der Waals surface area contributed by atoms with Crippen LogP contribution in [-0.2, 0) is 30.3 Å². The Bertz CT molecular complexity index is 2560. The first-order chi connectivity index (χ1) is 29.8. The first kappa shape index (κ1) is 44.2. The van der Waals surface area contributed by atoms with Crippen molar-refractivity contribution in [1.29, 1.82) is 0 Å². The number of esters is 1. The molecule has 0 aliphatic carbocycles. The molecule has 0 spiro atoms. The van der Waals surface area contributed by atoms with Gasteiger partial charge in [0.2, 0.25) is 5.91 Å². The molecule has 5 aromatic rings. The van der Waals surface area contributed by atoms with Crippen LogP contribution >= 0.6 is 11.6 Å². The third kappa shape index (κ3) is 10.3. The number of fused-ring (bicyclic) bond motifs is 1. The van der Waals surface area contributed by atoms with Gasteiger partial charge in [0.05, 0.1) is 16.9 Å². The second kappa shape index (κ2) is 17.9. The number of anilines is 3. The summed E-state index contributed by atoms with van der Waals surface area (Å²) in [6.45, 7) is 11.6. The fraction of sp³-hybridized carbons (Fsp3) is 0.386. The number of piperidine rings is 1. The molecule has 7 rings (SSSR count). The second-order valence-electron chi connectivity index (χ2n) is 17.3. The van der Waals surface area contributed by atoms with Crippen molar-refractivity contribution in [2.75, 3.05) is 41.7 Å². The van der Waals surface area contributed by atoms with Gasteiger partial charge in [0, 0.05) is 54.4 Å². The summed E-state index contributed by atoms with van der Waals surface area (Å²) in [6.07, 6.45) is 3.54. The Morgan fingerprint density at radius 1 is 0.762 bits per heavy atom. The normalized spacial score (nSPS) is 15.3. The van der Waals surface area contributed by atoms with Crippen LogP contribution in [0.1, 0.15) is 76.9 Å². The minimum Gasteiger partial charge on any atom is -0.455 e. The Morgan fingerprint density at radius 2 is 1.46 bits per heavy atom. The first-order valence-electron chi connectivity index (χ1n) is 20.6. The number of carbonyl (C=O) groups excluding carboxylic acids is 6. The van der Waals surface area contributed by atoms with Crippen LogP contribution in [-0.4, -0.2) is 114 Å². The number of likely N-dealkylation sites (tertiary alicyclic amines) is 1. The summed E-state index contributed by atoms with van der Waals surface area (Å²) in [4.78, 5) is 86.8. The summed E-state index contributed by atoms with van der Waals surface area (Å²) in [6, 6.07) is 16.5. The van der Waals surface area contributed by atoms with Crippen LogP contribution in [0.25, 0.3) is 16.6 Å². The Labute approximate surface area is 368 Å². The number of halogens is 1. The SMILES string of the molecule is CC(C)(C)OC(=O)c1cc2cc(NC(=O)[C@H](Cc3ccc(NC(=O)N4CCCCC4)cc3)N3CCN(c4cc(Cl)ccc4-n4cnnn4)C(=O)C3=O)ccc2n1C(=O)OC(C)(C)C. The van der Waals surface area contributed by atoms with Crippen LogP contribution in [0.5, 0.6) is 0 Å². The van der Waals surface area contributed by atoms with Crippen LogP contribution in [0, 0.1) is 0 Å². The molecular formula is C44H49ClN10O8. The van der Waals surface area contributed by atoms with Gasteiger partial charge in [-0.1, -0.05) is 23.7 Å². The number of hydrogen-bond acceptors (Lipinski definition) is 11. The molecule has 63 heavy (non-hydrogen) atoms. The maximum absolute atomic E-state index is 14.5. The topological polar surface area (TPSA) is 203 Å². The van der Waals surface area contributed by atoms with Gasteiger partial charge < -0.3 is 34.8 Å². The molecule has 2 aliphatic rings. The molecule has 1 atom stereocenters. The molecule has 0 unspecified atom stereocenters. The first-order valence-corrected chi connectivity index (χ1v) is 21.0. The Morgan fingerprint density at radius 3 is 2.13 bits per heavy atom. The van der Waals surface area contributed by atoms with Crippen molar-refractivity contribution in [2.45, 2.75) is 84.5 Å². The van der Waals surface area contributed by atoms with Crippen LogP contribution < -0.4 is 15.5 Å². The van der Waals surface area contributed by atoms with Crippen molar-refractivity contribution in [2.24, 2.45) is 0 Å². The number of hydrogen-bond donors (Lipinski definition) is 2. The molecule has 0 bridgehead atoms. The Kier molecular flexibility index (Phi) is 12.6. The maximum Gasteiger partial charge on any atom is 0.419 e. The number of benzene rings is 3. The van der Waals surface area contributed by atoms with E-state index in [1.54, 1.807) is 101 Å². The number of nitrogens with one attached hydrogen (secondary N) is 2. The molecule has 18 nitrogen and oxygen atoms in total. The van der Waals surface area contributed by atoms with Crippen molar-refractivity contribution in [1.82, 2.24) is 34.6 Å². The number of amides is 5. The van der Waals surface area contributed by atoms with Crippen molar-refractivity contribution in [3.05, 3.63) is 89.3 Å². The smallest absolute Gasteiger partial charge is 0.419 e. The highest BCUT2D eigenvalue weighted by atomic mass is 35.5. The van der Waals surface area contributed by atoms with E-state index in [0.717, 1.165) is 23.8 Å². The monoisotopic (exact) mass is 880 g/mol. The lowest BCUT2D eigenvalue weighted by atomic mass is 10.0. The predicted octanol–water partition coefficient (Wildman–Crippen LogP) is 6.45. The molecule has 5 amide bonds. The summed E-state index contributed by atoms with van der Waals surface area (Å²) in [5.41, 5.74) is 0.717. The summed E-state index contributed by atoms with van der Waals surface area (Å²) in [7, 11) is 0. The molecule has 2 aliphatic heterocycles. The van der Waals surface area contributed by atoms with Gasteiger partial charge in [-0.3, -0.25) is 14.4 Å². The molecular weight excluding hydrogens is 832 g/mol. The number of nitrogens with zero attached hydrogens (tertiary/aromatic N) is 8. The van der Waals surface area contributed by atoms with E-state index >= 15 is 0 Å². The van der Waals surface area contributed by atoms with Gasteiger partial charge in [-0.25, -0.2) is 19.0 Å². The molecule has 0 saturated carbocycles. The number of ether oxygens (including phenoxy) is 2. The molecule has 4 heterocycles. The summed E-state index contributed by atoms with van der Waals surface area (Å²) in [5, 5.41) is 17.9. The van der Waals surface area contributed by atoms with Crippen molar-refractivity contribution in [3.63, 3.8) is 0 Å². The maximum atomic E-state index is 14.5. The third-order valence-electron chi connectivity index (χ3n) is 10.3. The zero-order chi connectivity index (χ0) is 45.2. The molecule has 2 aromatic heterocycles. The second-order valence-corrected chi connectivity index (χ2v) is 17.8. The fourth-order valence-electron chi connectivity index (χ4n) is 7.45. The van der Waals surface area contributed by atoms with Gasteiger partial charge in [0.15, 0.2) is 0 Å². The summed E-state index contributed by atoms with van der Waals surface area (Å²) < 4.78 is 13.7. The van der Waals surface area contributed by atoms with Crippen molar-refractivity contribution >= 4 is 75.4 Å². The Balaban J connectivity index is 1.18. The molecule has 2 N–H and O–H groups in total. The molecule has 2 saturated heterocycles. The minimum absolute atomic E-state index is 0.00168. The number of tetrazole rings is 1. The number of piperazine rings is 1. The number of rotatable bonds is 9. The highest BCUT2D eigenvalue weighted by Gasteiger charge is 2.41. The molecule has 19 heteroatoms. The van der Waals surface area contributed by atoms with E-state index < -0.39 is 47.0 Å².